The average molecular weight is 387 g/mol. The number of hydrogen-bond acceptors (Lipinski definition) is 5. The van der Waals surface area contributed by atoms with Gasteiger partial charge < -0.3 is 10.6 Å². The lowest BCUT2D eigenvalue weighted by Crippen LogP contribution is -2.30. The molecule has 0 bridgehead atoms. The summed E-state index contributed by atoms with van der Waals surface area (Å²) in [5.41, 5.74) is 1.51. The Hall–Kier alpha value is -4.25. The van der Waals surface area contributed by atoms with Crippen LogP contribution in [0, 0.1) is 11.3 Å². The molecule has 2 N–H and O–H groups in total. The Morgan fingerprint density at radius 3 is 2.52 bits per heavy atom. The van der Waals surface area contributed by atoms with Crippen LogP contribution in [0.4, 0.5) is 11.4 Å². The fraction of sp³-hybridized carbons (Fsp3) is 0.0952. The highest BCUT2D eigenvalue weighted by Gasteiger charge is 2.14. The Balaban J connectivity index is 1.89. The van der Waals surface area contributed by atoms with E-state index in [1.165, 1.54) is 17.6 Å². The van der Waals surface area contributed by atoms with Crippen molar-refractivity contribution in [3.63, 3.8) is 0 Å². The van der Waals surface area contributed by atoms with Crippen LogP contribution in [0.2, 0.25) is 0 Å². The molecule has 8 heteroatoms. The molecule has 0 saturated heterocycles. The molecule has 2 aromatic heterocycles. The highest BCUT2D eigenvalue weighted by Crippen LogP contribution is 2.18. The quantitative estimate of drug-likeness (QED) is 0.697. The smallest absolute Gasteiger partial charge is 0.269 e. The van der Waals surface area contributed by atoms with Crippen molar-refractivity contribution in [2.45, 2.75) is 13.5 Å². The number of carbonyl (C=O) groups excluding carboxylic acids is 2. The summed E-state index contributed by atoms with van der Waals surface area (Å²) in [6, 6.07) is 15.0. The number of nitrogens with zero attached hydrogens (tertiary/aromatic N) is 3. The van der Waals surface area contributed by atoms with Crippen LogP contribution in [0.1, 0.15) is 12.5 Å². The largest absolute Gasteiger partial charge is 0.326 e. The Morgan fingerprint density at radius 1 is 1.10 bits per heavy atom. The monoisotopic (exact) mass is 387 g/mol. The van der Waals surface area contributed by atoms with E-state index in [2.05, 4.69) is 15.6 Å². The van der Waals surface area contributed by atoms with E-state index in [1.54, 1.807) is 54.9 Å². The van der Waals surface area contributed by atoms with Crippen molar-refractivity contribution in [1.29, 1.82) is 5.26 Å². The molecule has 1 aromatic carbocycles. The van der Waals surface area contributed by atoms with E-state index in [1.807, 2.05) is 6.07 Å². The van der Waals surface area contributed by atoms with Gasteiger partial charge in [0.15, 0.2) is 0 Å². The van der Waals surface area contributed by atoms with Gasteiger partial charge in [-0.2, -0.15) is 5.26 Å². The Labute approximate surface area is 166 Å². The maximum Gasteiger partial charge on any atom is 0.269 e. The molecule has 0 aliphatic carbocycles. The van der Waals surface area contributed by atoms with E-state index >= 15 is 0 Å². The number of benzene rings is 1. The second kappa shape index (κ2) is 8.63. The van der Waals surface area contributed by atoms with Crippen LogP contribution < -0.4 is 16.2 Å². The van der Waals surface area contributed by atoms with Gasteiger partial charge in [-0.1, -0.05) is 6.07 Å². The highest BCUT2D eigenvalue weighted by molar-refractivity contribution is 5.93. The number of pyridine rings is 2. The van der Waals surface area contributed by atoms with Crippen molar-refractivity contribution >= 4 is 23.2 Å². The molecule has 8 nitrogen and oxygen atoms in total. The minimum Gasteiger partial charge on any atom is -0.326 e. The van der Waals surface area contributed by atoms with Crippen LogP contribution in [-0.4, -0.2) is 21.4 Å². The molecule has 0 radical (unpaired) electrons. The first kappa shape index (κ1) is 19.5. The van der Waals surface area contributed by atoms with Crippen molar-refractivity contribution in [3.8, 4) is 17.3 Å². The average Bonchev–Trinajstić information content (AvgIpc) is 2.70. The summed E-state index contributed by atoms with van der Waals surface area (Å²) in [6.07, 6.45) is 3.18. The van der Waals surface area contributed by atoms with Gasteiger partial charge in [0, 0.05) is 36.3 Å². The third-order valence-corrected chi connectivity index (χ3v) is 4.02. The van der Waals surface area contributed by atoms with E-state index in [0.29, 0.717) is 22.6 Å². The summed E-state index contributed by atoms with van der Waals surface area (Å²) in [5, 5.41) is 14.5. The molecule has 29 heavy (non-hydrogen) atoms. The molecule has 144 valence electrons. The third kappa shape index (κ3) is 4.73. The fourth-order valence-electron chi connectivity index (χ4n) is 2.81. The van der Waals surface area contributed by atoms with Gasteiger partial charge in [0.1, 0.15) is 18.2 Å². The second-order valence-corrected chi connectivity index (χ2v) is 6.19. The lowest BCUT2D eigenvalue weighted by atomic mass is 10.1. The lowest BCUT2D eigenvalue weighted by Gasteiger charge is -2.14. The normalized spacial score (nSPS) is 10.1. The van der Waals surface area contributed by atoms with Gasteiger partial charge in [0.05, 0.1) is 5.69 Å². The van der Waals surface area contributed by atoms with Crippen molar-refractivity contribution in [1.82, 2.24) is 9.55 Å². The number of amides is 2. The molecule has 0 aliphatic rings. The van der Waals surface area contributed by atoms with Crippen LogP contribution in [0.15, 0.2) is 65.7 Å². The molecule has 0 aliphatic heterocycles. The second-order valence-electron chi connectivity index (χ2n) is 6.19. The predicted octanol–water partition coefficient (Wildman–Crippen LogP) is 2.38. The van der Waals surface area contributed by atoms with E-state index < -0.39 is 11.5 Å². The first-order valence-corrected chi connectivity index (χ1v) is 8.70. The molecule has 0 saturated carbocycles. The molecule has 0 spiro atoms. The summed E-state index contributed by atoms with van der Waals surface area (Å²) < 4.78 is 1.24. The van der Waals surface area contributed by atoms with Crippen LogP contribution in [0.5, 0.6) is 0 Å². The Kier molecular flexibility index (Phi) is 5.80. The number of hydrogen-bond donors (Lipinski definition) is 2. The maximum atomic E-state index is 12.7. The molecular weight excluding hydrogens is 370 g/mol. The third-order valence-electron chi connectivity index (χ3n) is 4.02. The van der Waals surface area contributed by atoms with Crippen molar-refractivity contribution < 1.29 is 9.59 Å². The van der Waals surface area contributed by atoms with Gasteiger partial charge in [-0.05, 0) is 42.5 Å². The number of anilines is 2. The van der Waals surface area contributed by atoms with Gasteiger partial charge >= 0.3 is 0 Å². The number of aromatic nitrogens is 2. The molecule has 2 heterocycles. The van der Waals surface area contributed by atoms with Gasteiger partial charge in [-0.15, -0.1) is 0 Å². The molecular formula is C21H17N5O3. The molecule has 0 unspecified atom stereocenters. The number of nitrogens with one attached hydrogen (secondary N) is 2. The first-order chi connectivity index (χ1) is 14.0. The Bertz CT molecular complexity index is 1160. The van der Waals surface area contributed by atoms with Crippen molar-refractivity contribution in [3.05, 3.63) is 76.8 Å². The zero-order valence-corrected chi connectivity index (χ0v) is 15.5. The lowest BCUT2D eigenvalue weighted by molar-refractivity contribution is -0.117. The van der Waals surface area contributed by atoms with Gasteiger partial charge in [0.2, 0.25) is 11.8 Å². The van der Waals surface area contributed by atoms with Crippen molar-refractivity contribution in [2.75, 3.05) is 10.6 Å². The van der Waals surface area contributed by atoms with Crippen LogP contribution in [0.25, 0.3) is 11.3 Å². The van der Waals surface area contributed by atoms with Crippen LogP contribution in [0.3, 0.4) is 0 Å². The molecule has 2 amide bonds. The van der Waals surface area contributed by atoms with Crippen LogP contribution in [-0.2, 0) is 16.1 Å². The summed E-state index contributed by atoms with van der Waals surface area (Å²) in [5.74, 6) is -0.679. The molecule has 0 atom stereocenters. The minimum absolute atomic E-state index is 0.0573. The van der Waals surface area contributed by atoms with Gasteiger partial charge in [0.25, 0.3) is 5.56 Å². The van der Waals surface area contributed by atoms with E-state index in [0.717, 1.165) is 0 Å². The summed E-state index contributed by atoms with van der Waals surface area (Å²) in [7, 11) is 0. The molecule has 3 rings (SSSR count). The molecule has 0 fully saturated rings. The topological polar surface area (TPSA) is 117 Å². The highest BCUT2D eigenvalue weighted by atomic mass is 16.2. The summed E-state index contributed by atoms with van der Waals surface area (Å²) in [6.45, 7) is 1.10. The number of nitriles is 1. The SMILES string of the molecule is CC(=O)Nc1cccc(NC(=O)Cn2c(-c3cccnc3)ccc(C#N)c2=O)c1. The number of rotatable bonds is 5. The van der Waals surface area contributed by atoms with E-state index in [4.69, 9.17) is 5.26 Å². The predicted molar refractivity (Wildman–Crippen MR) is 108 cm³/mol. The van der Waals surface area contributed by atoms with Crippen molar-refractivity contribution in [2.24, 2.45) is 0 Å². The Morgan fingerprint density at radius 2 is 1.86 bits per heavy atom. The van der Waals surface area contributed by atoms with Crippen LogP contribution >= 0.6 is 0 Å². The van der Waals surface area contributed by atoms with Gasteiger partial charge in [-0.25, -0.2) is 0 Å². The molecule has 3 aromatic rings. The zero-order chi connectivity index (χ0) is 20.8. The van der Waals surface area contributed by atoms with E-state index in [-0.39, 0.29) is 18.0 Å². The summed E-state index contributed by atoms with van der Waals surface area (Å²) >= 11 is 0. The fourth-order valence-corrected chi connectivity index (χ4v) is 2.81. The first-order valence-electron chi connectivity index (χ1n) is 8.70. The van der Waals surface area contributed by atoms with E-state index in [9.17, 15) is 14.4 Å². The standard InChI is InChI=1S/C21H17N5O3/c1-14(27)24-17-5-2-6-18(10-17)25-20(28)13-26-19(16-4-3-9-23-12-16)8-7-15(11-22)21(26)29/h2-10,12H,13H2,1H3,(H,24,27)(H,25,28). The maximum absolute atomic E-state index is 12.7. The number of carbonyl (C=O) groups is 2. The minimum atomic E-state index is -0.559. The van der Waals surface area contributed by atoms with Gasteiger partial charge in [-0.3, -0.25) is 23.9 Å². The zero-order valence-electron chi connectivity index (χ0n) is 15.5. The summed E-state index contributed by atoms with van der Waals surface area (Å²) in [4.78, 5) is 40.5.